The molecule has 2 aromatic carbocycles. The van der Waals surface area contributed by atoms with Crippen LogP contribution < -0.4 is 10.6 Å². The highest BCUT2D eigenvalue weighted by Crippen LogP contribution is 2.20. The number of hydrogen-bond acceptors (Lipinski definition) is 5. The molecule has 0 fully saturated rings. The molecule has 1 unspecified atom stereocenters. The van der Waals surface area contributed by atoms with E-state index < -0.39 is 17.8 Å². The predicted octanol–water partition coefficient (Wildman–Crippen LogP) is 3.20. The van der Waals surface area contributed by atoms with E-state index in [1.165, 1.54) is 22.9 Å². The summed E-state index contributed by atoms with van der Waals surface area (Å²) in [6.45, 7) is 7.43. The molecule has 3 rings (SSSR count). The van der Waals surface area contributed by atoms with Gasteiger partial charge in [-0.15, -0.1) is 5.10 Å². The Morgan fingerprint density at radius 2 is 1.87 bits per heavy atom. The first-order valence-corrected chi connectivity index (χ1v) is 9.98. The first kappa shape index (κ1) is 22.1. The lowest BCUT2D eigenvalue weighted by Gasteiger charge is -2.21. The van der Waals surface area contributed by atoms with Gasteiger partial charge in [-0.2, -0.15) is 4.68 Å². The molecule has 3 aromatic rings. The van der Waals surface area contributed by atoms with Gasteiger partial charge in [-0.1, -0.05) is 32.0 Å². The molecule has 0 bridgehead atoms. The van der Waals surface area contributed by atoms with Gasteiger partial charge < -0.3 is 10.6 Å². The number of hydrogen-bond donors (Lipinski definition) is 2. The van der Waals surface area contributed by atoms with Gasteiger partial charge in [0.15, 0.2) is 5.82 Å². The highest BCUT2D eigenvalue weighted by molar-refractivity contribution is 6.01. The lowest BCUT2D eigenvalue weighted by molar-refractivity contribution is -0.118. The first-order valence-electron chi connectivity index (χ1n) is 9.98. The summed E-state index contributed by atoms with van der Waals surface area (Å²) in [4.78, 5) is 25.7. The molecule has 8 nitrogen and oxygen atoms in total. The summed E-state index contributed by atoms with van der Waals surface area (Å²) < 4.78 is 15.8. The normalized spacial score (nSPS) is 11.9. The van der Waals surface area contributed by atoms with Crippen LogP contribution in [-0.2, 0) is 4.79 Å². The van der Waals surface area contributed by atoms with Gasteiger partial charge in [0, 0.05) is 5.56 Å². The van der Waals surface area contributed by atoms with E-state index in [-0.39, 0.29) is 17.5 Å². The molecular weight excluding hydrogens is 399 g/mol. The lowest BCUT2D eigenvalue weighted by atomic mass is 10.0. The molecule has 1 heterocycles. The van der Waals surface area contributed by atoms with Crippen molar-refractivity contribution in [2.75, 3.05) is 5.32 Å². The zero-order chi connectivity index (χ0) is 22.5. The Hall–Kier alpha value is -3.62. The Balaban J connectivity index is 1.82. The number of carbonyl (C=O) groups is 2. The van der Waals surface area contributed by atoms with Crippen LogP contribution in [0.4, 0.5) is 10.1 Å². The fourth-order valence-electron chi connectivity index (χ4n) is 3.20. The van der Waals surface area contributed by atoms with Gasteiger partial charge in [-0.25, -0.2) is 4.39 Å². The lowest BCUT2D eigenvalue weighted by Crippen LogP contribution is -2.44. The maximum Gasteiger partial charge on any atom is 0.252 e. The quantitative estimate of drug-likeness (QED) is 0.606. The van der Waals surface area contributed by atoms with Gasteiger partial charge in [-0.05, 0) is 66.4 Å². The van der Waals surface area contributed by atoms with Crippen LogP contribution in [0.5, 0.6) is 0 Å². The van der Waals surface area contributed by atoms with E-state index in [2.05, 4.69) is 26.2 Å². The molecule has 0 saturated carbocycles. The van der Waals surface area contributed by atoms with Crippen LogP contribution in [0.15, 0.2) is 42.5 Å². The number of amides is 2. The second-order valence-electron chi connectivity index (χ2n) is 7.76. The maximum absolute atomic E-state index is 14.4. The molecule has 1 atom stereocenters. The fraction of sp³-hybridized carbons (Fsp3) is 0.318. The molecule has 2 N–H and O–H groups in total. The molecule has 2 amide bonds. The fourth-order valence-corrected chi connectivity index (χ4v) is 3.20. The minimum atomic E-state index is -0.829. The number of carbonyl (C=O) groups excluding carboxylic acids is 2. The number of nitrogens with one attached hydrogen (secondary N) is 2. The maximum atomic E-state index is 14.4. The van der Waals surface area contributed by atoms with Crippen molar-refractivity contribution in [3.05, 3.63) is 65.2 Å². The van der Waals surface area contributed by atoms with E-state index in [9.17, 15) is 14.0 Å². The van der Waals surface area contributed by atoms with Crippen LogP contribution in [0.25, 0.3) is 5.69 Å². The summed E-state index contributed by atoms with van der Waals surface area (Å²) in [7, 11) is 0. The van der Waals surface area contributed by atoms with Crippen molar-refractivity contribution in [2.24, 2.45) is 5.92 Å². The van der Waals surface area contributed by atoms with Gasteiger partial charge in [0.25, 0.3) is 5.91 Å². The summed E-state index contributed by atoms with van der Waals surface area (Å²) in [5, 5.41) is 16.6. The SMILES string of the molecule is Cc1ccccc1C(=O)NC(CC(C)C)C(=O)Nc1cc(-n2nnnc2C)ccc1F. The number of rotatable bonds is 7. The third kappa shape index (κ3) is 5.30. The number of tetrazole rings is 1. The summed E-state index contributed by atoms with van der Waals surface area (Å²) in [5.74, 6) is -0.797. The number of aryl methyl sites for hydroxylation is 2. The number of halogens is 1. The Morgan fingerprint density at radius 3 is 2.52 bits per heavy atom. The van der Waals surface area contributed by atoms with Crippen molar-refractivity contribution < 1.29 is 14.0 Å². The standard InChI is InChI=1S/C22H25FN6O2/c1-13(2)11-20(25-21(30)17-8-6-5-7-14(17)3)22(31)24-19-12-16(9-10-18(19)23)29-15(4)26-27-28-29/h5-10,12-13,20H,11H2,1-4H3,(H,24,31)(H,25,30). The largest absolute Gasteiger partial charge is 0.340 e. The van der Waals surface area contributed by atoms with Crippen molar-refractivity contribution in [3.8, 4) is 5.69 Å². The number of nitrogens with zero attached hydrogens (tertiary/aromatic N) is 4. The molecule has 0 aliphatic rings. The highest BCUT2D eigenvalue weighted by Gasteiger charge is 2.24. The van der Waals surface area contributed by atoms with Gasteiger partial charge >= 0.3 is 0 Å². The molecule has 9 heteroatoms. The molecule has 0 spiro atoms. The zero-order valence-electron chi connectivity index (χ0n) is 17.9. The second-order valence-corrected chi connectivity index (χ2v) is 7.76. The van der Waals surface area contributed by atoms with E-state index in [4.69, 9.17) is 0 Å². The minimum absolute atomic E-state index is 0.0173. The van der Waals surface area contributed by atoms with Gasteiger partial charge in [0.1, 0.15) is 11.9 Å². The van der Waals surface area contributed by atoms with Crippen LogP contribution in [0.3, 0.4) is 0 Å². The molecule has 0 radical (unpaired) electrons. The summed E-state index contributed by atoms with van der Waals surface area (Å²) in [5.41, 5.74) is 1.78. The van der Waals surface area contributed by atoms with Crippen molar-refractivity contribution in [1.29, 1.82) is 0 Å². The third-order valence-electron chi connectivity index (χ3n) is 4.80. The highest BCUT2D eigenvalue weighted by atomic mass is 19.1. The molecule has 0 aliphatic heterocycles. The van der Waals surface area contributed by atoms with Crippen LogP contribution >= 0.6 is 0 Å². The Labute approximate surface area is 179 Å². The van der Waals surface area contributed by atoms with E-state index >= 15 is 0 Å². The Bertz CT molecular complexity index is 1100. The summed E-state index contributed by atoms with van der Waals surface area (Å²) >= 11 is 0. The van der Waals surface area contributed by atoms with E-state index in [0.29, 0.717) is 23.5 Å². The van der Waals surface area contributed by atoms with E-state index in [0.717, 1.165) is 5.56 Å². The average Bonchev–Trinajstić information content (AvgIpc) is 3.15. The molecule has 0 saturated heterocycles. The van der Waals surface area contributed by atoms with Crippen molar-refractivity contribution in [2.45, 2.75) is 40.2 Å². The van der Waals surface area contributed by atoms with Crippen molar-refractivity contribution in [3.63, 3.8) is 0 Å². The van der Waals surface area contributed by atoms with Crippen LogP contribution in [-0.4, -0.2) is 38.1 Å². The third-order valence-corrected chi connectivity index (χ3v) is 4.80. The van der Waals surface area contributed by atoms with Crippen LogP contribution in [0, 0.1) is 25.6 Å². The zero-order valence-corrected chi connectivity index (χ0v) is 17.9. The van der Waals surface area contributed by atoms with E-state index in [1.807, 2.05) is 32.9 Å². The van der Waals surface area contributed by atoms with Crippen LogP contribution in [0.2, 0.25) is 0 Å². The number of anilines is 1. The molecular formula is C22H25FN6O2. The average molecular weight is 424 g/mol. The Morgan fingerprint density at radius 1 is 1.13 bits per heavy atom. The summed E-state index contributed by atoms with van der Waals surface area (Å²) in [6.07, 6.45) is 0.400. The van der Waals surface area contributed by atoms with Crippen molar-refractivity contribution in [1.82, 2.24) is 25.5 Å². The topological polar surface area (TPSA) is 102 Å². The van der Waals surface area contributed by atoms with E-state index in [1.54, 1.807) is 19.1 Å². The Kier molecular flexibility index (Phi) is 6.74. The minimum Gasteiger partial charge on any atom is -0.340 e. The molecule has 1 aromatic heterocycles. The van der Waals surface area contributed by atoms with Gasteiger partial charge in [0.2, 0.25) is 5.91 Å². The first-order chi connectivity index (χ1) is 14.8. The number of benzene rings is 2. The molecule has 162 valence electrons. The second kappa shape index (κ2) is 9.46. The smallest absolute Gasteiger partial charge is 0.252 e. The van der Waals surface area contributed by atoms with Gasteiger partial charge in [-0.3, -0.25) is 9.59 Å². The molecule has 0 aliphatic carbocycles. The predicted molar refractivity (Wildman–Crippen MR) is 114 cm³/mol. The monoisotopic (exact) mass is 424 g/mol. The van der Waals surface area contributed by atoms with Crippen LogP contribution in [0.1, 0.15) is 42.0 Å². The summed E-state index contributed by atoms with van der Waals surface area (Å²) in [6, 6.07) is 10.5. The molecule has 31 heavy (non-hydrogen) atoms. The number of aromatic nitrogens is 4. The van der Waals surface area contributed by atoms with Gasteiger partial charge in [0.05, 0.1) is 11.4 Å². The van der Waals surface area contributed by atoms with Crippen molar-refractivity contribution >= 4 is 17.5 Å².